The van der Waals surface area contributed by atoms with Crippen molar-refractivity contribution in [1.82, 2.24) is 45.4 Å². The number of likely N-dealkylation sites (N-methyl/N-ethyl adjacent to an activating group) is 1. The van der Waals surface area contributed by atoms with Crippen LogP contribution in [-0.4, -0.2) is 197 Å². The van der Waals surface area contributed by atoms with Crippen LogP contribution in [0.5, 0.6) is 5.75 Å². The van der Waals surface area contributed by atoms with E-state index in [4.69, 9.17) is 15.2 Å². The summed E-state index contributed by atoms with van der Waals surface area (Å²) in [4.78, 5) is 118. The summed E-state index contributed by atoms with van der Waals surface area (Å²) < 4.78 is 12.0. The molecule has 2 bridgehead atoms. The molecule has 99 heavy (non-hydrogen) atoms. The van der Waals surface area contributed by atoms with Crippen molar-refractivity contribution in [3.05, 3.63) is 129 Å². The Morgan fingerprint density at radius 3 is 2.46 bits per heavy atom. The number of aromatic amines is 2. The number of nitrogens with two attached hydrogens (primary N) is 1. The van der Waals surface area contributed by atoms with Gasteiger partial charge in [0.15, 0.2) is 34.1 Å². The molecule has 528 valence electrons. The summed E-state index contributed by atoms with van der Waals surface area (Å²) in [6, 6.07) is 17.7. The average molecular weight is 1390 g/mol. The van der Waals surface area contributed by atoms with Crippen LogP contribution in [0.3, 0.4) is 0 Å². The van der Waals surface area contributed by atoms with E-state index in [1.807, 2.05) is 49.2 Å². The van der Waals surface area contributed by atoms with Crippen molar-refractivity contribution in [3.8, 4) is 5.75 Å². The molecule has 2 amide bonds. The standard InChI is InChI=1S/C73H91N11O13S2/c1-7-70(94)36-44-35-69(4,60-49(24-28-83(39-44)41-70)48-14-9-10-15-52(48)79-60)51-33-50-53(34-56(51)96-6)82(5)65-72(50)26-29-84-27-13-25-71(8-2,64(72)84)66(92)73(65,95)57(87)38-76-68(93)97-30-31-98-99-40-46(63(90)91)32-55(86)42(3)77-58(88)17-12-11-16-54(85)45-21-18-43(19-22-45)20-23-47-37-75-61-59(78-47)62(89)81-67(74)80-61/h9-10,13-15,18-19,21-22,25,33-34,37,42,44,46,64-66,79,92,94-95H,7-8,11-12,16-17,20,23-24,26-32,35-36,38-41H2,1-6H3,(H,76,93)(H,77,88)(H,90,91)(H3,74,75,80,81,89)/t42-,44-,46+,64-,65+,66+,69+,70-,71+,72+,73-/m0/s1. The maximum atomic E-state index is 15.2. The number of unbranched alkanes of at least 4 members (excludes halogenated alkanes) is 1. The van der Waals surface area contributed by atoms with E-state index in [9.17, 15) is 49.2 Å². The van der Waals surface area contributed by atoms with Gasteiger partial charge in [0, 0.05) is 126 Å². The second-order valence-electron chi connectivity index (χ2n) is 28.4. The minimum Gasteiger partial charge on any atom is -0.496 e. The first kappa shape index (κ1) is 71.1. The number of rotatable bonds is 27. The van der Waals surface area contributed by atoms with Crippen molar-refractivity contribution in [3.63, 3.8) is 0 Å². The number of aliphatic carboxylic acids is 1. The van der Waals surface area contributed by atoms with E-state index < -0.39 is 93.2 Å². The molecule has 10 N–H and O–H groups in total. The highest BCUT2D eigenvalue weighted by molar-refractivity contribution is 8.76. The summed E-state index contributed by atoms with van der Waals surface area (Å²) in [6.45, 7) is 10.6. The molecule has 1 spiro atoms. The van der Waals surface area contributed by atoms with E-state index in [1.165, 1.54) is 34.1 Å². The number of aliphatic hydroxyl groups is 3. The smallest absolute Gasteiger partial charge is 0.407 e. The van der Waals surface area contributed by atoms with Crippen molar-refractivity contribution in [1.29, 1.82) is 0 Å². The molecule has 12 atom stereocenters. The Morgan fingerprint density at radius 2 is 1.71 bits per heavy atom. The summed E-state index contributed by atoms with van der Waals surface area (Å²) >= 11 is 0. The first-order valence-electron chi connectivity index (χ1n) is 34.6. The highest BCUT2D eigenvalue weighted by Crippen LogP contribution is 2.68. The highest BCUT2D eigenvalue weighted by Gasteiger charge is 2.78. The van der Waals surface area contributed by atoms with Gasteiger partial charge in [0.2, 0.25) is 11.9 Å². The topological polar surface area (TPSA) is 349 Å². The summed E-state index contributed by atoms with van der Waals surface area (Å²) in [5, 5.41) is 55.1. The van der Waals surface area contributed by atoms with Gasteiger partial charge >= 0.3 is 12.1 Å². The van der Waals surface area contributed by atoms with Crippen LogP contribution >= 0.6 is 21.6 Å². The number of carbonyl (C=O) groups is 6. The van der Waals surface area contributed by atoms with E-state index in [-0.39, 0.29) is 72.2 Å². The van der Waals surface area contributed by atoms with Gasteiger partial charge in [0.25, 0.3) is 5.56 Å². The minimum absolute atomic E-state index is 0.0380. The molecule has 3 aromatic carbocycles. The van der Waals surface area contributed by atoms with E-state index >= 15 is 4.79 Å². The number of Topliss-reactive ketones (excluding diaryl/α,β-unsaturated/α-hetero) is 3. The molecule has 12 rings (SSSR count). The fourth-order valence-corrected chi connectivity index (χ4v) is 19.8. The summed E-state index contributed by atoms with van der Waals surface area (Å²) in [7, 11) is 5.97. The van der Waals surface area contributed by atoms with Gasteiger partial charge in [0.1, 0.15) is 18.5 Å². The molecule has 24 nitrogen and oxygen atoms in total. The normalized spacial score (nSPS) is 27.4. The Bertz CT molecular complexity index is 4190. The number of fused-ring (bicyclic) bond motifs is 7. The van der Waals surface area contributed by atoms with Crippen LogP contribution < -0.4 is 31.6 Å². The number of aryl methyl sites for hydroxylation is 2. The Hall–Kier alpha value is -7.72. The number of nitrogen functional groups attached to an aromatic ring is 1. The number of ketones is 3. The van der Waals surface area contributed by atoms with Crippen molar-refractivity contribution < 1.29 is 58.7 Å². The van der Waals surface area contributed by atoms with Crippen LogP contribution in [0.1, 0.15) is 136 Å². The molecule has 8 heterocycles. The van der Waals surface area contributed by atoms with Crippen LogP contribution in [-0.2, 0) is 54.0 Å². The highest BCUT2D eigenvalue weighted by atomic mass is 33.1. The lowest BCUT2D eigenvalue weighted by Crippen LogP contribution is -2.81. The predicted octanol–water partition coefficient (Wildman–Crippen LogP) is 6.77. The van der Waals surface area contributed by atoms with Gasteiger partial charge in [-0.05, 0) is 119 Å². The molecule has 5 aliphatic heterocycles. The maximum Gasteiger partial charge on any atom is 0.407 e. The number of nitrogens with one attached hydrogen (secondary N) is 4. The summed E-state index contributed by atoms with van der Waals surface area (Å²) in [5.41, 5.74) is 7.69. The van der Waals surface area contributed by atoms with Crippen LogP contribution in [0.15, 0.2) is 83.8 Å². The number of benzene rings is 3. The van der Waals surface area contributed by atoms with Crippen molar-refractivity contribution in [2.75, 3.05) is 82.2 Å². The Morgan fingerprint density at radius 1 is 0.929 bits per heavy atom. The maximum absolute atomic E-state index is 15.2. The molecule has 1 saturated carbocycles. The molecule has 0 radical (unpaired) electrons. The number of para-hydroxylation sites is 1. The van der Waals surface area contributed by atoms with E-state index in [1.54, 1.807) is 25.4 Å². The van der Waals surface area contributed by atoms with Gasteiger partial charge in [-0.15, -0.1) is 0 Å². The molecule has 2 saturated heterocycles. The molecule has 26 heteroatoms. The fourth-order valence-electron chi connectivity index (χ4n) is 17.6. The quantitative estimate of drug-likeness (QED) is 0.0111. The molecule has 1 aliphatic carbocycles. The van der Waals surface area contributed by atoms with Gasteiger partial charge in [-0.3, -0.25) is 43.6 Å². The Kier molecular flexibility index (Phi) is 20.6. The molecule has 1 unspecified atom stereocenters. The van der Waals surface area contributed by atoms with E-state index in [0.29, 0.717) is 94.4 Å². The number of methoxy groups -OCH3 is 1. The number of hydrogen-bond acceptors (Lipinski definition) is 21. The molecule has 6 aliphatic rings. The van der Waals surface area contributed by atoms with Gasteiger partial charge in [-0.2, -0.15) is 4.98 Å². The molecule has 6 aromatic rings. The monoisotopic (exact) mass is 1390 g/mol. The number of hydrogen-bond donors (Lipinski definition) is 9. The van der Waals surface area contributed by atoms with Gasteiger partial charge in [-0.1, -0.05) is 90.1 Å². The number of aliphatic hydroxyl groups excluding tert-OH is 1. The molecule has 3 fully saturated rings. The SMILES string of the molecule is CC[C@]1(O)C[C@H]2CN(CCc3c([nH]c4ccccc34)[C@@](C)(c3cc4c(cc3OC)N(C)[C@H]3[C@@](O)(C(=O)CNC(=O)OCCSSC[C@@H](CC(=O)[C@H](C)NC(=O)CCCCC(=O)c5ccc(CCc6cnc7nc(N)[nH]c(=O)c7n6)cc5)C(=O)O)[C@H](O)[C@]5(CC)C=CCN6CC[C@]43[C@@H]65)C2)C1. The largest absolute Gasteiger partial charge is 0.496 e. The minimum atomic E-state index is -2.42. The fraction of sp³-hybridized carbons (Fsp3) is 0.534. The number of carboxylic acids is 1. The number of aromatic nitrogens is 5. The van der Waals surface area contributed by atoms with Crippen LogP contribution in [0.25, 0.3) is 22.1 Å². The lowest BCUT2D eigenvalue weighted by molar-refractivity contribution is -0.201. The Labute approximate surface area is 582 Å². The summed E-state index contributed by atoms with van der Waals surface area (Å²) in [6.07, 6.45) is 8.72. The number of anilines is 2. The van der Waals surface area contributed by atoms with Crippen molar-refractivity contribution in [2.24, 2.45) is 17.3 Å². The number of amides is 2. The van der Waals surface area contributed by atoms with Crippen LogP contribution in [0.4, 0.5) is 16.4 Å². The number of nitrogens with zero attached hydrogens (tertiary/aromatic N) is 6. The van der Waals surface area contributed by atoms with Crippen molar-refractivity contribution in [2.45, 2.75) is 157 Å². The zero-order valence-electron chi connectivity index (χ0n) is 57.1. The second-order valence-corrected chi connectivity index (χ2v) is 31.0. The lowest BCUT2D eigenvalue weighted by Gasteiger charge is -2.63. The van der Waals surface area contributed by atoms with Crippen LogP contribution in [0.2, 0.25) is 0 Å². The molecule has 3 aromatic heterocycles. The van der Waals surface area contributed by atoms with Gasteiger partial charge in [-0.25, -0.2) is 14.8 Å². The second kappa shape index (κ2) is 28.7. The third kappa shape index (κ3) is 13.4. The first-order chi connectivity index (χ1) is 47.4. The number of carboxylic acid groups (broad SMARTS) is 1. The number of carbonyl (C=O) groups excluding carboxylic acids is 5. The number of ether oxygens (including phenoxy) is 2. The van der Waals surface area contributed by atoms with E-state index in [0.717, 1.165) is 58.5 Å². The number of H-pyrrole nitrogens is 2. The lowest BCUT2D eigenvalue weighted by atomic mass is 9.47. The number of alkyl carbamates (subject to hydrolysis) is 1. The van der Waals surface area contributed by atoms with Crippen LogP contribution in [0, 0.1) is 17.3 Å². The zero-order chi connectivity index (χ0) is 70.3. The van der Waals surface area contributed by atoms with E-state index in [2.05, 4.69) is 89.5 Å². The Balaban J connectivity index is 0.633. The number of piperidine rings is 1. The van der Waals surface area contributed by atoms with Gasteiger partial charge in [0.05, 0.1) is 49.1 Å². The third-order valence-electron chi connectivity index (χ3n) is 22.4. The third-order valence-corrected chi connectivity index (χ3v) is 24.9. The predicted molar refractivity (Wildman–Crippen MR) is 379 cm³/mol. The zero-order valence-corrected chi connectivity index (χ0v) is 58.7. The molecular formula is C73H91N11O13S2. The average Bonchev–Trinajstić information content (AvgIpc) is 1.50. The molecular weight excluding hydrogens is 1300 g/mol. The summed E-state index contributed by atoms with van der Waals surface area (Å²) in [5.74, 6) is -2.94. The van der Waals surface area contributed by atoms with Gasteiger partial charge < -0.3 is 56.2 Å². The first-order valence-corrected chi connectivity index (χ1v) is 37.1. The van der Waals surface area contributed by atoms with Crippen molar-refractivity contribution >= 4 is 90.6 Å².